The maximum Gasteiger partial charge on any atom is 0.239 e. The van der Waals surface area contributed by atoms with Crippen LogP contribution < -0.4 is 5.73 Å². The molecule has 1 fully saturated rings. The highest BCUT2D eigenvalue weighted by atomic mass is 32.2. The summed E-state index contributed by atoms with van der Waals surface area (Å²) in [5.74, 6) is -0.135. The van der Waals surface area contributed by atoms with Gasteiger partial charge in [-0.1, -0.05) is 0 Å². The van der Waals surface area contributed by atoms with E-state index in [4.69, 9.17) is 5.73 Å². The van der Waals surface area contributed by atoms with Crippen LogP contribution in [0.3, 0.4) is 0 Å². The molecule has 1 atom stereocenters. The van der Waals surface area contributed by atoms with Gasteiger partial charge in [0.25, 0.3) is 0 Å². The highest BCUT2D eigenvalue weighted by Crippen LogP contribution is 2.09. The number of carbonyl (C=O) groups excluding carboxylic acids is 1. The van der Waals surface area contributed by atoms with Crippen LogP contribution in [0.5, 0.6) is 0 Å². The Bertz CT molecular complexity index is 320. The number of hydrogen-bond donors (Lipinski definition) is 1. The summed E-state index contributed by atoms with van der Waals surface area (Å²) in [7, 11) is -3.03. The third-order valence-electron chi connectivity index (χ3n) is 2.53. The molecule has 1 amide bonds. The summed E-state index contributed by atoms with van der Waals surface area (Å²) in [6.45, 7) is 1.51. The molecule has 6 heteroatoms. The van der Waals surface area contributed by atoms with Crippen LogP contribution in [0.25, 0.3) is 0 Å². The molecule has 0 aromatic heterocycles. The van der Waals surface area contributed by atoms with Gasteiger partial charge in [-0.3, -0.25) is 4.79 Å². The molecule has 2 N–H and O–H groups in total. The first-order valence-corrected chi connectivity index (χ1v) is 7.18. The van der Waals surface area contributed by atoms with E-state index in [-0.39, 0.29) is 18.1 Å². The van der Waals surface area contributed by atoms with E-state index in [1.807, 2.05) is 0 Å². The monoisotopic (exact) mass is 234 g/mol. The fraction of sp³-hybridized carbons (Fsp3) is 0.889. The SMILES string of the molecule is CS(=O)(=O)CCC(N)C(=O)N1CCCC1. The van der Waals surface area contributed by atoms with Crippen molar-refractivity contribution in [1.82, 2.24) is 4.90 Å². The second-order valence-corrected chi connectivity index (χ2v) is 6.32. The van der Waals surface area contributed by atoms with Crippen LogP contribution in [0.1, 0.15) is 19.3 Å². The van der Waals surface area contributed by atoms with E-state index in [0.717, 1.165) is 32.2 Å². The minimum absolute atomic E-state index is 0.0201. The quantitative estimate of drug-likeness (QED) is 0.702. The predicted octanol–water partition coefficient (Wildman–Crippen LogP) is -0.629. The van der Waals surface area contributed by atoms with Crippen molar-refractivity contribution in [2.75, 3.05) is 25.1 Å². The summed E-state index contributed by atoms with van der Waals surface area (Å²) >= 11 is 0. The van der Waals surface area contributed by atoms with Gasteiger partial charge in [-0.05, 0) is 19.3 Å². The van der Waals surface area contributed by atoms with E-state index in [0.29, 0.717) is 0 Å². The summed E-state index contributed by atoms with van der Waals surface area (Å²) in [4.78, 5) is 13.4. The molecule has 1 saturated heterocycles. The van der Waals surface area contributed by atoms with Crippen molar-refractivity contribution in [3.63, 3.8) is 0 Å². The number of nitrogens with zero attached hydrogens (tertiary/aromatic N) is 1. The van der Waals surface area contributed by atoms with Crippen LogP contribution in [0, 0.1) is 0 Å². The molecular weight excluding hydrogens is 216 g/mol. The Morgan fingerprint density at radius 3 is 2.40 bits per heavy atom. The minimum Gasteiger partial charge on any atom is -0.341 e. The van der Waals surface area contributed by atoms with Crippen molar-refractivity contribution in [1.29, 1.82) is 0 Å². The first kappa shape index (κ1) is 12.4. The maximum absolute atomic E-state index is 11.7. The van der Waals surface area contributed by atoms with E-state index >= 15 is 0 Å². The summed E-state index contributed by atoms with van der Waals surface area (Å²) in [6.07, 6.45) is 3.41. The highest BCUT2D eigenvalue weighted by molar-refractivity contribution is 7.90. The van der Waals surface area contributed by atoms with Crippen LogP contribution in [0.2, 0.25) is 0 Å². The number of hydrogen-bond acceptors (Lipinski definition) is 4. The Morgan fingerprint density at radius 1 is 1.40 bits per heavy atom. The van der Waals surface area contributed by atoms with Gasteiger partial charge in [-0.2, -0.15) is 0 Å². The summed E-state index contributed by atoms with van der Waals surface area (Å²) in [5.41, 5.74) is 5.65. The zero-order valence-electron chi connectivity index (χ0n) is 8.98. The van der Waals surface area contributed by atoms with Crippen molar-refractivity contribution < 1.29 is 13.2 Å². The first-order valence-electron chi connectivity index (χ1n) is 5.12. The van der Waals surface area contributed by atoms with Gasteiger partial charge in [-0.25, -0.2) is 8.42 Å². The van der Waals surface area contributed by atoms with Crippen LogP contribution in [-0.2, 0) is 14.6 Å². The van der Waals surface area contributed by atoms with Crippen molar-refractivity contribution >= 4 is 15.7 Å². The van der Waals surface area contributed by atoms with Gasteiger partial charge in [0.15, 0.2) is 0 Å². The van der Waals surface area contributed by atoms with Gasteiger partial charge >= 0.3 is 0 Å². The Balaban J connectivity index is 2.39. The molecule has 0 aliphatic carbocycles. The Morgan fingerprint density at radius 2 is 1.93 bits per heavy atom. The average Bonchev–Trinajstić information content (AvgIpc) is 2.64. The lowest BCUT2D eigenvalue weighted by molar-refractivity contribution is -0.131. The molecule has 1 heterocycles. The molecule has 0 saturated carbocycles. The molecule has 15 heavy (non-hydrogen) atoms. The Hall–Kier alpha value is -0.620. The Kier molecular flexibility index (Phi) is 4.10. The fourth-order valence-electron chi connectivity index (χ4n) is 1.64. The third kappa shape index (κ3) is 4.17. The maximum atomic E-state index is 11.7. The van der Waals surface area contributed by atoms with Crippen LogP contribution >= 0.6 is 0 Å². The molecule has 0 aromatic carbocycles. The first-order chi connectivity index (χ1) is 6.90. The van der Waals surface area contributed by atoms with Gasteiger partial charge in [0, 0.05) is 19.3 Å². The van der Waals surface area contributed by atoms with E-state index in [9.17, 15) is 13.2 Å². The zero-order chi connectivity index (χ0) is 11.5. The minimum atomic E-state index is -3.03. The summed E-state index contributed by atoms with van der Waals surface area (Å²) in [6, 6.07) is -0.669. The molecular formula is C9H18N2O3S. The number of sulfone groups is 1. The van der Waals surface area contributed by atoms with Crippen molar-refractivity contribution in [2.24, 2.45) is 5.73 Å². The van der Waals surface area contributed by atoms with Gasteiger partial charge in [0.05, 0.1) is 11.8 Å². The molecule has 0 radical (unpaired) electrons. The van der Waals surface area contributed by atoms with Gasteiger partial charge in [0.1, 0.15) is 9.84 Å². The number of likely N-dealkylation sites (tertiary alicyclic amines) is 1. The van der Waals surface area contributed by atoms with E-state index in [1.54, 1.807) is 4.90 Å². The van der Waals surface area contributed by atoms with Gasteiger partial charge in [0.2, 0.25) is 5.91 Å². The molecule has 1 rings (SSSR count). The largest absolute Gasteiger partial charge is 0.341 e. The van der Waals surface area contributed by atoms with Crippen molar-refractivity contribution in [2.45, 2.75) is 25.3 Å². The van der Waals surface area contributed by atoms with E-state index < -0.39 is 15.9 Å². The Labute approximate surface area is 90.5 Å². The van der Waals surface area contributed by atoms with Crippen LogP contribution in [0.4, 0.5) is 0 Å². The number of nitrogens with two attached hydrogens (primary N) is 1. The third-order valence-corrected chi connectivity index (χ3v) is 3.51. The van der Waals surface area contributed by atoms with Crippen molar-refractivity contribution in [3.05, 3.63) is 0 Å². The van der Waals surface area contributed by atoms with E-state index in [1.165, 1.54) is 0 Å². The molecule has 1 aliphatic heterocycles. The molecule has 0 spiro atoms. The lowest BCUT2D eigenvalue weighted by atomic mass is 10.2. The fourth-order valence-corrected chi connectivity index (χ4v) is 2.32. The second-order valence-electron chi connectivity index (χ2n) is 4.06. The van der Waals surface area contributed by atoms with E-state index in [2.05, 4.69) is 0 Å². The topological polar surface area (TPSA) is 80.5 Å². The lowest BCUT2D eigenvalue weighted by Gasteiger charge is -2.19. The van der Waals surface area contributed by atoms with Crippen LogP contribution in [0.15, 0.2) is 0 Å². The lowest BCUT2D eigenvalue weighted by Crippen LogP contribution is -2.43. The molecule has 88 valence electrons. The molecule has 1 unspecified atom stereocenters. The second kappa shape index (κ2) is 4.94. The molecule has 5 nitrogen and oxygen atoms in total. The number of rotatable bonds is 4. The normalized spacial score (nSPS) is 19.2. The van der Waals surface area contributed by atoms with Crippen molar-refractivity contribution in [3.8, 4) is 0 Å². The average molecular weight is 234 g/mol. The number of amides is 1. The van der Waals surface area contributed by atoms with Gasteiger partial charge in [-0.15, -0.1) is 0 Å². The molecule has 0 bridgehead atoms. The summed E-state index contributed by atoms with van der Waals surface area (Å²) in [5, 5.41) is 0. The molecule has 0 aromatic rings. The zero-order valence-corrected chi connectivity index (χ0v) is 9.79. The standard InChI is InChI=1S/C9H18N2O3S/c1-15(13,14)7-4-8(10)9(12)11-5-2-3-6-11/h8H,2-7,10H2,1H3. The predicted molar refractivity (Wildman–Crippen MR) is 58.1 cm³/mol. The van der Waals surface area contributed by atoms with Crippen LogP contribution in [-0.4, -0.2) is 50.4 Å². The summed E-state index contributed by atoms with van der Waals surface area (Å²) < 4.78 is 21.8. The highest BCUT2D eigenvalue weighted by Gasteiger charge is 2.24. The number of carbonyl (C=O) groups is 1. The van der Waals surface area contributed by atoms with Gasteiger partial charge < -0.3 is 10.6 Å². The molecule has 1 aliphatic rings. The smallest absolute Gasteiger partial charge is 0.239 e.